The van der Waals surface area contributed by atoms with Gasteiger partial charge < -0.3 is 15.2 Å². The molecule has 3 rings (SSSR count). The zero-order valence-electron chi connectivity index (χ0n) is 13.0. The molecule has 2 N–H and O–H groups in total. The Morgan fingerprint density at radius 1 is 1.41 bits per heavy atom. The molecule has 1 amide bonds. The van der Waals surface area contributed by atoms with E-state index in [4.69, 9.17) is 4.74 Å². The van der Waals surface area contributed by atoms with E-state index in [2.05, 4.69) is 10.3 Å². The van der Waals surface area contributed by atoms with Crippen LogP contribution in [0, 0.1) is 17.8 Å². The molecule has 1 aromatic heterocycles. The van der Waals surface area contributed by atoms with E-state index >= 15 is 0 Å². The number of aliphatic hydroxyl groups excluding tert-OH is 1. The largest absolute Gasteiger partial charge is 0.495 e. The minimum atomic E-state index is 0.0684. The van der Waals surface area contributed by atoms with Gasteiger partial charge in [0.1, 0.15) is 5.75 Å². The van der Waals surface area contributed by atoms with Gasteiger partial charge in [-0.1, -0.05) is 0 Å². The van der Waals surface area contributed by atoms with Crippen LogP contribution < -0.4 is 10.1 Å². The summed E-state index contributed by atoms with van der Waals surface area (Å²) in [6.45, 7) is 0.186. The van der Waals surface area contributed by atoms with Crippen LogP contribution in [-0.2, 0) is 11.2 Å². The lowest BCUT2D eigenvalue weighted by atomic mass is 9.85. The van der Waals surface area contributed by atoms with Crippen LogP contribution in [0.4, 0.5) is 0 Å². The fraction of sp³-hybridized carbons (Fsp3) is 0.647. The van der Waals surface area contributed by atoms with Gasteiger partial charge in [-0.25, -0.2) is 0 Å². The Hall–Kier alpha value is -1.62. The number of carbonyl (C=O) groups is 1. The van der Waals surface area contributed by atoms with Crippen LogP contribution in [0.15, 0.2) is 18.5 Å². The first-order chi connectivity index (χ1) is 10.7. The Morgan fingerprint density at radius 2 is 2.23 bits per heavy atom. The molecular weight excluding hydrogens is 280 g/mol. The molecule has 0 aliphatic heterocycles. The molecule has 4 unspecified atom stereocenters. The molecule has 0 radical (unpaired) electrons. The number of aliphatic hydroxyl groups is 1. The van der Waals surface area contributed by atoms with E-state index in [-0.39, 0.29) is 24.5 Å². The van der Waals surface area contributed by atoms with E-state index in [1.807, 2.05) is 6.07 Å². The lowest BCUT2D eigenvalue weighted by molar-refractivity contribution is -0.122. The first kappa shape index (κ1) is 15.3. The highest BCUT2D eigenvalue weighted by atomic mass is 16.5. The van der Waals surface area contributed by atoms with Gasteiger partial charge in [-0.3, -0.25) is 9.78 Å². The van der Waals surface area contributed by atoms with Gasteiger partial charge in [0.2, 0.25) is 5.91 Å². The maximum atomic E-state index is 12.2. The second kappa shape index (κ2) is 6.65. The molecule has 22 heavy (non-hydrogen) atoms. The third-order valence-corrected chi connectivity index (χ3v) is 5.27. The van der Waals surface area contributed by atoms with E-state index in [1.165, 1.54) is 12.8 Å². The van der Waals surface area contributed by atoms with E-state index in [9.17, 15) is 9.90 Å². The number of nitrogens with one attached hydrogen (secondary N) is 1. The number of amides is 1. The highest BCUT2D eigenvalue weighted by Gasteiger charge is 2.47. The molecule has 5 heteroatoms. The Bertz CT molecular complexity index is 534. The third kappa shape index (κ3) is 3.09. The van der Waals surface area contributed by atoms with Crippen LogP contribution in [0.3, 0.4) is 0 Å². The number of ether oxygens (including phenoxy) is 1. The zero-order valence-corrected chi connectivity index (χ0v) is 13.0. The summed E-state index contributed by atoms with van der Waals surface area (Å²) in [7, 11) is 1.61. The number of nitrogens with zero attached hydrogens (tertiary/aromatic N) is 1. The number of aryl methyl sites for hydroxylation is 1. The molecule has 120 valence electrons. The van der Waals surface area contributed by atoms with Crippen molar-refractivity contribution in [3.8, 4) is 5.75 Å². The topological polar surface area (TPSA) is 71.5 Å². The van der Waals surface area contributed by atoms with Gasteiger partial charge in [-0.05, 0) is 49.1 Å². The summed E-state index contributed by atoms with van der Waals surface area (Å²) in [5.74, 6) is 2.19. The van der Waals surface area contributed by atoms with E-state index in [0.29, 0.717) is 30.4 Å². The zero-order chi connectivity index (χ0) is 15.5. The third-order valence-electron chi connectivity index (χ3n) is 5.27. The summed E-state index contributed by atoms with van der Waals surface area (Å²) in [5, 5.41) is 12.7. The fourth-order valence-electron chi connectivity index (χ4n) is 4.13. The summed E-state index contributed by atoms with van der Waals surface area (Å²) < 4.78 is 5.14. The number of rotatable bonds is 6. The SMILES string of the molecule is COc1cncc(CCC(=O)NC2C3CCC(C3)C2CO)c1. The average Bonchev–Trinajstić information content (AvgIpc) is 3.14. The van der Waals surface area contributed by atoms with Crippen LogP contribution in [0.25, 0.3) is 0 Å². The van der Waals surface area contributed by atoms with Crippen molar-refractivity contribution in [2.75, 3.05) is 13.7 Å². The molecule has 1 aromatic rings. The van der Waals surface area contributed by atoms with Gasteiger partial charge in [-0.15, -0.1) is 0 Å². The van der Waals surface area contributed by atoms with Crippen LogP contribution >= 0.6 is 0 Å². The van der Waals surface area contributed by atoms with Crippen LogP contribution in [0.5, 0.6) is 5.75 Å². The molecule has 2 aliphatic carbocycles. The minimum absolute atomic E-state index is 0.0684. The first-order valence-corrected chi connectivity index (χ1v) is 8.09. The van der Waals surface area contributed by atoms with E-state index < -0.39 is 0 Å². The fourth-order valence-corrected chi connectivity index (χ4v) is 4.13. The molecule has 2 bridgehead atoms. The summed E-state index contributed by atoms with van der Waals surface area (Å²) in [6, 6.07) is 2.08. The van der Waals surface area contributed by atoms with Gasteiger partial charge in [0.05, 0.1) is 13.3 Å². The second-order valence-electron chi connectivity index (χ2n) is 6.51. The molecule has 0 spiro atoms. The summed E-state index contributed by atoms with van der Waals surface area (Å²) >= 11 is 0. The maximum absolute atomic E-state index is 12.2. The minimum Gasteiger partial charge on any atom is -0.495 e. The molecule has 2 fully saturated rings. The lowest BCUT2D eigenvalue weighted by Gasteiger charge is -2.30. The molecule has 1 heterocycles. The summed E-state index contributed by atoms with van der Waals surface area (Å²) in [6.07, 6.45) is 8.08. The van der Waals surface area contributed by atoms with Crippen molar-refractivity contribution in [1.82, 2.24) is 10.3 Å². The van der Waals surface area contributed by atoms with E-state index in [0.717, 1.165) is 12.0 Å². The number of methoxy groups -OCH3 is 1. The molecule has 0 saturated heterocycles. The smallest absolute Gasteiger partial charge is 0.220 e. The Morgan fingerprint density at radius 3 is 3.00 bits per heavy atom. The number of fused-ring (bicyclic) bond motifs is 2. The summed E-state index contributed by atoms with van der Waals surface area (Å²) in [4.78, 5) is 16.3. The van der Waals surface area contributed by atoms with Crippen molar-refractivity contribution in [2.24, 2.45) is 17.8 Å². The number of hydrogen-bond acceptors (Lipinski definition) is 4. The lowest BCUT2D eigenvalue weighted by Crippen LogP contribution is -2.45. The molecule has 2 saturated carbocycles. The standard InChI is InChI=1S/C17H24N2O3/c1-22-14-6-11(8-18-9-14)2-5-16(21)19-17-13-4-3-12(7-13)15(17)10-20/h6,8-9,12-13,15,17,20H,2-5,7,10H2,1H3,(H,19,21). The summed E-state index contributed by atoms with van der Waals surface area (Å²) in [5.41, 5.74) is 1.00. The van der Waals surface area contributed by atoms with Gasteiger partial charge in [-0.2, -0.15) is 0 Å². The monoisotopic (exact) mass is 304 g/mol. The van der Waals surface area contributed by atoms with Crippen molar-refractivity contribution < 1.29 is 14.6 Å². The van der Waals surface area contributed by atoms with Gasteiger partial charge in [0.25, 0.3) is 0 Å². The van der Waals surface area contributed by atoms with Crippen molar-refractivity contribution in [3.05, 3.63) is 24.0 Å². The van der Waals surface area contributed by atoms with Crippen molar-refractivity contribution in [2.45, 2.75) is 38.1 Å². The predicted molar refractivity (Wildman–Crippen MR) is 82.4 cm³/mol. The molecule has 2 aliphatic rings. The Kier molecular flexibility index (Phi) is 4.62. The Labute approximate surface area is 131 Å². The van der Waals surface area contributed by atoms with Gasteiger partial charge >= 0.3 is 0 Å². The molecule has 0 aromatic carbocycles. The highest BCUT2D eigenvalue weighted by molar-refractivity contribution is 5.76. The molecule has 4 atom stereocenters. The number of hydrogen-bond donors (Lipinski definition) is 2. The van der Waals surface area contributed by atoms with Crippen molar-refractivity contribution in [3.63, 3.8) is 0 Å². The maximum Gasteiger partial charge on any atom is 0.220 e. The molecule has 5 nitrogen and oxygen atoms in total. The second-order valence-corrected chi connectivity index (χ2v) is 6.51. The average molecular weight is 304 g/mol. The Balaban J connectivity index is 1.52. The van der Waals surface area contributed by atoms with E-state index in [1.54, 1.807) is 19.5 Å². The highest BCUT2D eigenvalue weighted by Crippen LogP contribution is 2.48. The van der Waals surface area contributed by atoms with Gasteiger partial charge in [0.15, 0.2) is 0 Å². The number of aromatic nitrogens is 1. The number of carbonyl (C=O) groups excluding carboxylic acids is 1. The van der Waals surface area contributed by atoms with Crippen molar-refractivity contribution >= 4 is 5.91 Å². The quantitative estimate of drug-likeness (QED) is 0.836. The van der Waals surface area contributed by atoms with Crippen LogP contribution in [0.1, 0.15) is 31.2 Å². The molecular formula is C17H24N2O3. The van der Waals surface area contributed by atoms with Crippen LogP contribution in [0.2, 0.25) is 0 Å². The normalized spacial score (nSPS) is 29.5. The predicted octanol–water partition coefficient (Wildman–Crippen LogP) is 1.55. The van der Waals surface area contributed by atoms with Crippen LogP contribution in [-0.4, -0.2) is 35.8 Å². The van der Waals surface area contributed by atoms with Crippen molar-refractivity contribution in [1.29, 1.82) is 0 Å². The number of pyridine rings is 1. The first-order valence-electron chi connectivity index (χ1n) is 8.09. The van der Waals surface area contributed by atoms with Gasteiger partial charge in [0, 0.05) is 31.2 Å².